The van der Waals surface area contributed by atoms with Gasteiger partial charge in [0.2, 0.25) is 5.91 Å². The highest BCUT2D eigenvalue weighted by molar-refractivity contribution is 5.82. The minimum atomic E-state index is -1.02. The number of carbonyl (C=O) groups excluding carboxylic acids is 1. The molecule has 1 aliphatic heterocycles. The molecule has 2 rings (SSSR count). The predicted octanol–water partition coefficient (Wildman–Crippen LogP) is 1.97. The van der Waals surface area contributed by atoms with Crippen LogP contribution < -0.4 is 10.1 Å². The number of carboxylic acid groups (broad SMARTS) is 1. The third-order valence-electron chi connectivity index (χ3n) is 3.54. The lowest BCUT2D eigenvalue weighted by molar-refractivity contribution is -0.151. The maximum Gasteiger partial charge on any atom is 0.332 e. The van der Waals surface area contributed by atoms with Crippen molar-refractivity contribution in [1.29, 1.82) is 0 Å². The van der Waals surface area contributed by atoms with Gasteiger partial charge in [-0.1, -0.05) is 26.0 Å². The standard InChI is InChI=1S/C17H23NO5/c1-11(2)10-22-13-5-3-4-12(8-13)9-18-16(19)14-6-7-15(23-14)17(20)21/h3-5,8,11,14-15H,6-7,9-10H2,1-2H3,(H,18,19)(H,20,21)/t14-,15+/m0/s1. The van der Waals surface area contributed by atoms with Gasteiger partial charge in [-0.25, -0.2) is 4.79 Å². The Balaban J connectivity index is 1.82. The molecule has 1 fully saturated rings. The fraction of sp³-hybridized carbons (Fsp3) is 0.529. The zero-order chi connectivity index (χ0) is 16.8. The molecule has 1 aromatic rings. The first-order chi connectivity index (χ1) is 11.0. The first-order valence-corrected chi connectivity index (χ1v) is 7.83. The van der Waals surface area contributed by atoms with Crippen molar-refractivity contribution in [2.45, 2.75) is 45.4 Å². The summed E-state index contributed by atoms with van der Waals surface area (Å²) in [6.07, 6.45) is -0.762. The highest BCUT2D eigenvalue weighted by atomic mass is 16.5. The van der Waals surface area contributed by atoms with Crippen LogP contribution in [0.4, 0.5) is 0 Å². The molecule has 1 amide bonds. The number of carbonyl (C=O) groups is 2. The van der Waals surface area contributed by atoms with Gasteiger partial charge in [-0.05, 0) is 36.5 Å². The number of benzene rings is 1. The minimum Gasteiger partial charge on any atom is -0.493 e. The first kappa shape index (κ1) is 17.3. The van der Waals surface area contributed by atoms with Crippen molar-refractivity contribution >= 4 is 11.9 Å². The van der Waals surface area contributed by atoms with Gasteiger partial charge in [0.1, 0.15) is 11.9 Å². The smallest absolute Gasteiger partial charge is 0.332 e. The van der Waals surface area contributed by atoms with Crippen molar-refractivity contribution in [1.82, 2.24) is 5.32 Å². The van der Waals surface area contributed by atoms with E-state index in [1.165, 1.54) is 0 Å². The minimum absolute atomic E-state index is 0.276. The summed E-state index contributed by atoms with van der Waals surface area (Å²) in [5, 5.41) is 11.7. The SMILES string of the molecule is CC(C)COc1cccc(CNC(=O)[C@@H]2CC[C@H](C(=O)O)O2)c1. The molecule has 1 aliphatic rings. The van der Waals surface area contributed by atoms with Crippen LogP contribution in [0.5, 0.6) is 5.75 Å². The van der Waals surface area contributed by atoms with Crippen LogP contribution in [-0.4, -0.2) is 35.8 Å². The largest absolute Gasteiger partial charge is 0.493 e. The molecule has 0 saturated carbocycles. The Hall–Kier alpha value is -2.08. The van der Waals surface area contributed by atoms with Crippen molar-refractivity contribution in [2.75, 3.05) is 6.61 Å². The highest BCUT2D eigenvalue weighted by Crippen LogP contribution is 2.20. The van der Waals surface area contributed by atoms with Crippen molar-refractivity contribution in [3.63, 3.8) is 0 Å². The molecule has 2 N–H and O–H groups in total. The summed E-state index contributed by atoms with van der Waals surface area (Å²) in [5.74, 6) is -0.0777. The second-order valence-corrected chi connectivity index (χ2v) is 6.10. The van der Waals surface area contributed by atoms with Gasteiger partial charge in [0, 0.05) is 6.54 Å². The number of hydrogen-bond acceptors (Lipinski definition) is 4. The Kier molecular flexibility index (Phi) is 5.98. The van der Waals surface area contributed by atoms with Gasteiger partial charge < -0.3 is 19.9 Å². The molecule has 0 bridgehead atoms. The van der Waals surface area contributed by atoms with Crippen LogP contribution in [0.25, 0.3) is 0 Å². The molecule has 0 aromatic heterocycles. The number of hydrogen-bond donors (Lipinski definition) is 2. The Morgan fingerprint density at radius 2 is 2.09 bits per heavy atom. The molecule has 0 spiro atoms. The van der Waals surface area contributed by atoms with Crippen LogP contribution in [0.1, 0.15) is 32.3 Å². The molecular weight excluding hydrogens is 298 g/mol. The van der Waals surface area contributed by atoms with Crippen molar-refractivity contribution in [3.8, 4) is 5.75 Å². The lowest BCUT2D eigenvalue weighted by atomic mass is 10.1. The number of nitrogens with one attached hydrogen (secondary N) is 1. The third kappa shape index (κ3) is 5.25. The summed E-state index contributed by atoms with van der Waals surface area (Å²) in [6.45, 7) is 5.16. The van der Waals surface area contributed by atoms with Gasteiger partial charge in [0.15, 0.2) is 6.10 Å². The lowest BCUT2D eigenvalue weighted by Crippen LogP contribution is -2.35. The van der Waals surface area contributed by atoms with Gasteiger partial charge in [-0.15, -0.1) is 0 Å². The van der Waals surface area contributed by atoms with Crippen LogP contribution in [-0.2, 0) is 20.9 Å². The zero-order valence-electron chi connectivity index (χ0n) is 13.5. The highest BCUT2D eigenvalue weighted by Gasteiger charge is 2.34. The molecular formula is C17H23NO5. The second kappa shape index (κ2) is 7.97. The maximum absolute atomic E-state index is 12.0. The number of amides is 1. The van der Waals surface area contributed by atoms with E-state index in [2.05, 4.69) is 19.2 Å². The average Bonchev–Trinajstić information content (AvgIpc) is 3.01. The van der Waals surface area contributed by atoms with Crippen molar-refractivity contribution in [3.05, 3.63) is 29.8 Å². The van der Waals surface area contributed by atoms with E-state index in [0.29, 0.717) is 31.9 Å². The third-order valence-corrected chi connectivity index (χ3v) is 3.54. The first-order valence-electron chi connectivity index (χ1n) is 7.83. The molecule has 23 heavy (non-hydrogen) atoms. The number of ether oxygens (including phenoxy) is 2. The van der Waals surface area contributed by atoms with E-state index >= 15 is 0 Å². The average molecular weight is 321 g/mol. The molecule has 0 radical (unpaired) electrons. The summed E-state index contributed by atoms with van der Waals surface area (Å²) in [4.78, 5) is 22.9. The van der Waals surface area contributed by atoms with E-state index in [9.17, 15) is 9.59 Å². The van der Waals surface area contributed by atoms with Crippen molar-refractivity contribution in [2.24, 2.45) is 5.92 Å². The van der Waals surface area contributed by atoms with E-state index in [0.717, 1.165) is 11.3 Å². The molecule has 0 aliphatic carbocycles. The van der Waals surface area contributed by atoms with Gasteiger partial charge in [0.05, 0.1) is 6.61 Å². The molecule has 2 atom stereocenters. The predicted molar refractivity (Wildman–Crippen MR) is 84.2 cm³/mol. The van der Waals surface area contributed by atoms with Crippen LogP contribution in [0.3, 0.4) is 0 Å². The number of rotatable bonds is 7. The van der Waals surface area contributed by atoms with E-state index in [-0.39, 0.29) is 5.91 Å². The van der Waals surface area contributed by atoms with Crippen LogP contribution >= 0.6 is 0 Å². The lowest BCUT2D eigenvalue weighted by Gasteiger charge is -2.13. The summed E-state index contributed by atoms with van der Waals surface area (Å²) in [6, 6.07) is 7.55. The topological polar surface area (TPSA) is 84.9 Å². The molecule has 6 heteroatoms. The van der Waals surface area contributed by atoms with E-state index < -0.39 is 18.2 Å². The molecule has 0 unspecified atom stereocenters. The Bertz CT molecular complexity index is 558. The van der Waals surface area contributed by atoms with Crippen molar-refractivity contribution < 1.29 is 24.2 Å². The normalized spacial score (nSPS) is 20.5. The monoisotopic (exact) mass is 321 g/mol. The number of aliphatic carboxylic acids is 1. The molecule has 1 aromatic carbocycles. The maximum atomic E-state index is 12.0. The van der Waals surface area contributed by atoms with Crippen LogP contribution in [0, 0.1) is 5.92 Å². The summed E-state index contributed by atoms with van der Waals surface area (Å²) < 4.78 is 10.9. The zero-order valence-corrected chi connectivity index (χ0v) is 13.5. The fourth-order valence-electron chi connectivity index (χ4n) is 2.32. The Labute approximate surface area is 135 Å². The molecule has 126 valence electrons. The Morgan fingerprint density at radius 3 is 2.74 bits per heavy atom. The van der Waals surface area contributed by atoms with E-state index in [1.54, 1.807) is 0 Å². The molecule has 6 nitrogen and oxygen atoms in total. The van der Waals surface area contributed by atoms with Gasteiger partial charge >= 0.3 is 5.97 Å². The quantitative estimate of drug-likeness (QED) is 0.802. The van der Waals surface area contributed by atoms with Crippen LogP contribution in [0.2, 0.25) is 0 Å². The molecule has 1 heterocycles. The summed E-state index contributed by atoms with van der Waals surface area (Å²) >= 11 is 0. The number of carboxylic acids is 1. The van der Waals surface area contributed by atoms with Gasteiger partial charge in [0.25, 0.3) is 0 Å². The van der Waals surface area contributed by atoms with E-state index in [4.69, 9.17) is 14.6 Å². The fourth-order valence-corrected chi connectivity index (χ4v) is 2.32. The Morgan fingerprint density at radius 1 is 1.35 bits per heavy atom. The van der Waals surface area contributed by atoms with Gasteiger partial charge in [-0.3, -0.25) is 4.79 Å². The summed E-state index contributed by atoms with van der Waals surface area (Å²) in [5.41, 5.74) is 0.924. The van der Waals surface area contributed by atoms with Gasteiger partial charge in [-0.2, -0.15) is 0 Å². The van der Waals surface area contributed by atoms with Crippen LogP contribution in [0.15, 0.2) is 24.3 Å². The second-order valence-electron chi connectivity index (χ2n) is 6.10. The summed E-state index contributed by atoms with van der Waals surface area (Å²) in [7, 11) is 0. The van der Waals surface area contributed by atoms with E-state index in [1.807, 2.05) is 24.3 Å². The molecule has 1 saturated heterocycles.